The molecular weight excluding hydrogens is 278 g/mol. The van der Waals surface area contributed by atoms with Gasteiger partial charge in [-0.25, -0.2) is 4.79 Å². The molecule has 7 heteroatoms. The second-order valence-electron chi connectivity index (χ2n) is 4.27. The van der Waals surface area contributed by atoms with E-state index in [2.05, 4.69) is 5.32 Å². The molecule has 1 heterocycles. The third-order valence-corrected chi connectivity index (χ3v) is 3.09. The molecule has 3 amide bonds. The van der Waals surface area contributed by atoms with E-state index in [4.69, 9.17) is 22.7 Å². The van der Waals surface area contributed by atoms with Crippen molar-refractivity contribution in [2.24, 2.45) is 5.73 Å². The molecule has 0 aliphatic carbocycles. The van der Waals surface area contributed by atoms with E-state index in [0.717, 1.165) is 0 Å². The minimum absolute atomic E-state index is 0.0734. The monoisotopic (exact) mass is 293 g/mol. The van der Waals surface area contributed by atoms with Crippen LogP contribution in [0.4, 0.5) is 4.79 Å². The summed E-state index contributed by atoms with van der Waals surface area (Å²) in [6.45, 7) is 0.778. The summed E-state index contributed by atoms with van der Waals surface area (Å²) in [5, 5.41) is 2.47. The number of carbonyl (C=O) groups is 2. The quantitative estimate of drug-likeness (QED) is 0.457. The van der Waals surface area contributed by atoms with Crippen LogP contribution < -0.4 is 15.8 Å². The highest BCUT2D eigenvalue weighted by molar-refractivity contribution is 7.80. The van der Waals surface area contributed by atoms with E-state index in [-0.39, 0.29) is 23.5 Å². The molecular formula is C13H15N3O3S. The second kappa shape index (κ2) is 6.33. The van der Waals surface area contributed by atoms with E-state index in [1.807, 2.05) is 12.1 Å². The van der Waals surface area contributed by atoms with Gasteiger partial charge in [0.05, 0.1) is 18.7 Å². The Labute approximate surface area is 121 Å². The van der Waals surface area contributed by atoms with Crippen LogP contribution in [0.3, 0.4) is 0 Å². The van der Waals surface area contributed by atoms with E-state index >= 15 is 0 Å². The molecule has 3 N–H and O–H groups in total. The van der Waals surface area contributed by atoms with Gasteiger partial charge in [-0.05, 0) is 18.6 Å². The first-order chi connectivity index (χ1) is 9.59. The molecule has 1 aromatic carbocycles. The summed E-state index contributed by atoms with van der Waals surface area (Å²) < 4.78 is 5.59. The topological polar surface area (TPSA) is 84.7 Å². The van der Waals surface area contributed by atoms with Gasteiger partial charge >= 0.3 is 6.03 Å². The van der Waals surface area contributed by atoms with E-state index in [1.54, 1.807) is 12.1 Å². The van der Waals surface area contributed by atoms with Gasteiger partial charge in [0, 0.05) is 6.54 Å². The predicted octanol–water partition coefficient (Wildman–Crippen LogP) is 0.641. The molecule has 1 aliphatic heterocycles. The van der Waals surface area contributed by atoms with Crippen LogP contribution >= 0.6 is 12.2 Å². The number of nitrogens with one attached hydrogen (secondary N) is 1. The SMILES string of the molecule is NC(=S)c1ccccc1OCCCN1C(=O)CNC1=O. The molecule has 6 nitrogen and oxygen atoms in total. The molecule has 20 heavy (non-hydrogen) atoms. The summed E-state index contributed by atoms with van der Waals surface area (Å²) in [5.41, 5.74) is 6.28. The molecule has 1 aliphatic rings. The minimum atomic E-state index is -0.349. The van der Waals surface area contributed by atoms with Gasteiger partial charge in [0.2, 0.25) is 5.91 Å². The molecule has 1 fully saturated rings. The Kier molecular flexibility index (Phi) is 4.52. The lowest BCUT2D eigenvalue weighted by molar-refractivity contribution is -0.125. The zero-order chi connectivity index (χ0) is 14.5. The minimum Gasteiger partial charge on any atom is -0.493 e. The zero-order valence-corrected chi connectivity index (χ0v) is 11.6. The number of hydrogen-bond donors (Lipinski definition) is 2. The molecule has 1 saturated heterocycles. The molecule has 1 aromatic rings. The van der Waals surface area contributed by atoms with Gasteiger partial charge in [-0.3, -0.25) is 9.69 Å². The Bertz CT molecular complexity index is 531. The van der Waals surface area contributed by atoms with Crippen molar-refractivity contribution < 1.29 is 14.3 Å². The Morgan fingerprint density at radius 3 is 2.80 bits per heavy atom. The fourth-order valence-corrected chi connectivity index (χ4v) is 2.05. The van der Waals surface area contributed by atoms with E-state index in [0.29, 0.717) is 30.9 Å². The summed E-state index contributed by atoms with van der Waals surface area (Å²) >= 11 is 4.94. The summed E-state index contributed by atoms with van der Waals surface area (Å²) in [5.74, 6) is 0.399. The Morgan fingerprint density at radius 1 is 1.40 bits per heavy atom. The first-order valence-corrected chi connectivity index (χ1v) is 6.60. The highest BCUT2D eigenvalue weighted by Crippen LogP contribution is 2.17. The van der Waals surface area contributed by atoms with E-state index in [9.17, 15) is 9.59 Å². The fraction of sp³-hybridized carbons (Fsp3) is 0.308. The lowest BCUT2D eigenvalue weighted by Crippen LogP contribution is -2.32. The van der Waals surface area contributed by atoms with E-state index < -0.39 is 0 Å². The molecule has 0 bridgehead atoms. The molecule has 0 unspecified atom stereocenters. The highest BCUT2D eigenvalue weighted by atomic mass is 32.1. The van der Waals surface area contributed by atoms with Crippen LogP contribution in [0.25, 0.3) is 0 Å². The maximum absolute atomic E-state index is 11.4. The van der Waals surface area contributed by atoms with Crippen molar-refractivity contribution in [3.05, 3.63) is 29.8 Å². The number of urea groups is 1. The normalized spacial score (nSPS) is 14.3. The van der Waals surface area contributed by atoms with Crippen molar-refractivity contribution in [3.8, 4) is 5.75 Å². The molecule has 0 radical (unpaired) electrons. The molecule has 0 atom stereocenters. The van der Waals surface area contributed by atoms with Crippen LogP contribution in [-0.4, -0.2) is 41.5 Å². The number of nitrogens with two attached hydrogens (primary N) is 1. The number of imide groups is 1. The summed E-state index contributed by atoms with van der Waals surface area (Å²) in [7, 11) is 0. The Morgan fingerprint density at radius 2 is 2.15 bits per heavy atom. The van der Waals surface area contributed by atoms with Crippen LogP contribution in [0.15, 0.2) is 24.3 Å². The third-order valence-electron chi connectivity index (χ3n) is 2.87. The van der Waals surface area contributed by atoms with Crippen molar-refractivity contribution in [3.63, 3.8) is 0 Å². The second-order valence-corrected chi connectivity index (χ2v) is 4.71. The van der Waals surface area contributed by atoms with Crippen LogP contribution in [0.5, 0.6) is 5.75 Å². The first-order valence-electron chi connectivity index (χ1n) is 6.19. The van der Waals surface area contributed by atoms with Crippen molar-refractivity contribution in [1.29, 1.82) is 0 Å². The van der Waals surface area contributed by atoms with Gasteiger partial charge in [0.15, 0.2) is 0 Å². The van der Waals surface area contributed by atoms with Gasteiger partial charge in [-0.15, -0.1) is 0 Å². The smallest absolute Gasteiger partial charge is 0.324 e. The lowest BCUT2D eigenvalue weighted by atomic mass is 10.2. The number of thiocarbonyl (C=S) groups is 1. The average molecular weight is 293 g/mol. The number of benzene rings is 1. The predicted molar refractivity (Wildman–Crippen MR) is 77.6 cm³/mol. The Hall–Kier alpha value is -2.15. The number of amides is 3. The summed E-state index contributed by atoms with van der Waals surface area (Å²) in [6.07, 6.45) is 0.546. The Balaban J connectivity index is 1.83. The number of nitrogens with zero attached hydrogens (tertiary/aromatic N) is 1. The van der Waals surface area contributed by atoms with Gasteiger partial charge in [-0.2, -0.15) is 0 Å². The average Bonchev–Trinajstić information content (AvgIpc) is 2.75. The largest absolute Gasteiger partial charge is 0.493 e. The van der Waals surface area contributed by atoms with Crippen LogP contribution in [0.1, 0.15) is 12.0 Å². The van der Waals surface area contributed by atoms with Crippen molar-refractivity contribution in [2.75, 3.05) is 19.7 Å². The number of hydrogen-bond acceptors (Lipinski definition) is 4. The first kappa shape index (κ1) is 14.3. The molecule has 0 saturated carbocycles. The van der Waals surface area contributed by atoms with Gasteiger partial charge in [0.1, 0.15) is 10.7 Å². The molecule has 2 rings (SSSR count). The van der Waals surface area contributed by atoms with Crippen molar-refractivity contribution >= 4 is 29.1 Å². The molecule has 106 valence electrons. The van der Waals surface area contributed by atoms with Gasteiger partial charge in [0.25, 0.3) is 0 Å². The summed E-state index contributed by atoms with van der Waals surface area (Å²) in [6, 6.07) is 6.87. The number of carbonyl (C=O) groups excluding carboxylic acids is 2. The molecule has 0 spiro atoms. The molecule has 0 aromatic heterocycles. The highest BCUT2D eigenvalue weighted by Gasteiger charge is 2.27. The lowest BCUT2D eigenvalue weighted by Gasteiger charge is -2.13. The van der Waals surface area contributed by atoms with Crippen LogP contribution in [-0.2, 0) is 4.79 Å². The standard InChI is InChI=1S/C13H15N3O3S/c14-12(20)9-4-1-2-5-10(9)19-7-3-6-16-11(17)8-15-13(16)18/h1-2,4-5H,3,6-8H2,(H2,14,20)(H,15,18). The summed E-state index contributed by atoms with van der Waals surface area (Å²) in [4.78, 5) is 24.1. The van der Waals surface area contributed by atoms with Gasteiger partial charge < -0.3 is 15.8 Å². The number of ether oxygens (including phenoxy) is 1. The van der Waals surface area contributed by atoms with Crippen molar-refractivity contribution in [1.82, 2.24) is 10.2 Å². The van der Waals surface area contributed by atoms with Crippen molar-refractivity contribution in [2.45, 2.75) is 6.42 Å². The van der Waals surface area contributed by atoms with Gasteiger partial charge in [-0.1, -0.05) is 24.4 Å². The third kappa shape index (κ3) is 3.24. The number of rotatable bonds is 6. The fourth-order valence-electron chi connectivity index (χ4n) is 1.88. The van der Waals surface area contributed by atoms with E-state index in [1.165, 1.54) is 4.90 Å². The maximum atomic E-state index is 11.4. The van der Waals surface area contributed by atoms with Crippen LogP contribution in [0, 0.1) is 0 Å². The van der Waals surface area contributed by atoms with Crippen LogP contribution in [0.2, 0.25) is 0 Å². The maximum Gasteiger partial charge on any atom is 0.324 e. The number of para-hydroxylation sites is 1. The zero-order valence-electron chi connectivity index (χ0n) is 10.8.